The highest BCUT2D eigenvalue weighted by Crippen LogP contribution is 2.34. The highest BCUT2D eigenvalue weighted by molar-refractivity contribution is 5.89. The zero-order valence-corrected chi connectivity index (χ0v) is 18.6. The summed E-state index contributed by atoms with van der Waals surface area (Å²) in [4.78, 5) is 25.1. The van der Waals surface area contributed by atoms with E-state index in [4.69, 9.17) is 23.7 Å². The maximum Gasteiger partial charge on any atom is 0.337 e. The molecule has 172 valence electrons. The third-order valence-corrected chi connectivity index (χ3v) is 5.08. The predicted molar refractivity (Wildman–Crippen MR) is 118 cm³/mol. The lowest BCUT2D eigenvalue weighted by Gasteiger charge is -2.17. The number of aryl methyl sites for hydroxylation is 1. The molecule has 0 bridgehead atoms. The molecule has 2 heterocycles. The number of hydrogen-bond acceptors (Lipinski definition) is 8. The van der Waals surface area contributed by atoms with Crippen LogP contribution < -0.4 is 15.0 Å². The first-order chi connectivity index (χ1) is 16.0. The number of methoxy groups -OCH3 is 2. The van der Waals surface area contributed by atoms with Crippen LogP contribution in [-0.4, -0.2) is 43.2 Å². The number of esters is 1. The predicted octanol–water partition coefficient (Wildman–Crippen LogP) is 3.23. The van der Waals surface area contributed by atoms with E-state index in [0.29, 0.717) is 35.8 Å². The van der Waals surface area contributed by atoms with Crippen LogP contribution in [0.3, 0.4) is 0 Å². The van der Waals surface area contributed by atoms with E-state index < -0.39 is 17.8 Å². The van der Waals surface area contributed by atoms with Gasteiger partial charge in [0.25, 0.3) is 0 Å². The normalized spacial score (nSPS) is 13.7. The molecule has 4 rings (SSSR count). The van der Waals surface area contributed by atoms with Gasteiger partial charge in [-0.05, 0) is 42.8 Å². The Balaban J connectivity index is 1.67. The van der Waals surface area contributed by atoms with Crippen LogP contribution in [0.25, 0.3) is 0 Å². The Morgan fingerprint density at radius 1 is 1.06 bits per heavy atom. The van der Waals surface area contributed by atoms with E-state index in [-0.39, 0.29) is 12.3 Å². The molecule has 1 fully saturated rings. The molecule has 0 saturated carbocycles. The van der Waals surface area contributed by atoms with Crippen molar-refractivity contribution in [1.82, 2.24) is 9.78 Å². The Morgan fingerprint density at radius 2 is 1.79 bits per heavy atom. The molecule has 0 aliphatic carbocycles. The van der Waals surface area contributed by atoms with Crippen molar-refractivity contribution in [2.75, 3.05) is 27.4 Å². The lowest BCUT2D eigenvalue weighted by atomic mass is 10.1. The monoisotopic (exact) mass is 452 g/mol. The van der Waals surface area contributed by atoms with Crippen molar-refractivity contribution >= 4 is 5.97 Å². The van der Waals surface area contributed by atoms with Crippen LogP contribution in [0.5, 0.6) is 17.2 Å². The minimum atomic E-state index is -0.714. The zero-order chi connectivity index (χ0) is 23.4. The quantitative estimate of drug-likeness (QED) is 0.504. The lowest BCUT2D eigenvalue weighted by molar-refractivity contribution is -0.0452. The van der Waals surface area contributed by atoms with Crippen LogP contribution in [0.1, 0.15) is 33.5 Å². The minimum Gasteiger partial charge on any atom is -0.497 e. The molecule has 1 aromatic heterocycles. The largest absolute Gasteiger partial charge is 0.497 e. The van der Waals surface area contributed by atoms with Gasteiger partial charge in [0.15, 0.2) is 12.0 Å². The number of carbonyl (C=O) groups excluding carboxylic acids is 1. The fourth-order valence-corrected chi connectivity index (χ4v) is 3.45. The van der Waals surface area contributed by atoms with E-state index in [0.717, 1.165) is 11.3 Å². The average Bonchev–Trinajstić information content (AvgIpc) is 3.37. The van der Waals surface area contributed by atoms with Crippen molar-refractivity contribution < 1.29 is 28.5 Å². The van der Waals surface area contributed by atoms with Crippen LogP contribution >= 0.6 is 0 Å². The van der Waals surface area contributed by atoms with Crippen LogP contribution in [0.2, 0.25) is 0 Å². The summed E-state index contributed by atoms with van der Waals surface area (Å²) in [5, 5.41) is 4.34. The molecule has 0 amide bonds. The third-order valence-electron chi connectivity index (χ3n) is 5.08. The standard InChI is InChI=1S/C24H24N2O7/c1-15-12-21(22(27)26(25-15)14-16-4-7-18(29-2)8-5-16)33-20-9-6-17(23(28)30-3)13-19(20)24-31-10-11-32-24/h4-9,12-13,24H,10-11,14H2,1-3H3. The molecule has 3 aromatic rings. The number of carbonyl (C=O) groups is 1. The summed E-state index contributed by atoms with van der Waals surface area (Å²) in [6, 6.07) is 13.7. The number of hydrogen-bond donors (Lipinski definition) is 0. The van der Waals surface area contributed by atoms with Crippen molar-refractivity contribution in [2.45, 2.75) is 19.8 Å². The van der Waals surface area contributed by atoms with Gasteiger partial charge in [-0.15, -0.1) is 0 Å². The summed E-state index contributed by atoms with van der Waals surface area (Å²) in [7, 11) is 2.90. The Kier molecular flexibility index (Phi) is 6.71. The third kappa shape index (κ3) is 5.05. The van der Waals surface area contributed by atoms with Crippen LogP contribution in [-0.2, 0) is 20.8 Å². The van der Waals surface area contributed by atoms with Crippen LogP contribution in [0, 0.1) is 6.92 Å². The van der Waals surface area contributed by atoms with E-state index in [1.165, 1.54) is 11.8 Å². The molecule has 2 aromatic carbocycles. The number of nitrogens with zero attached hydrogens (tertiary/aromatic N) is 2. The number of aromatic nitrogens is 2. The van der Waals surface area contributed by atoms with Gasteiger partial charge < -0.3 is 23.7 Å². The Morgan fingerprint density at radius 3 is 2.45 bits per heavy atom. The van der Waals surface area contributed by atoms with E-state index in [1.807, 2.05) is 24.3 Å². The van der Waals surface area contributed by atoms with Gasteiger partial charge in [-0.1, -0.05) is 12.1 Å². The van der Waals surface area contributed by atoms with Gasteiger partial charge in [-0.2, -0.15) is 5.10 Å². The Hall–Kier alpha value is -3.69. The van der Waals surface area contributed by atoms with Crippen LogP contribution in [0.4, 0.5) is 0 Å². The summed E-state index contributed by atoms with van der Waals surface area (Å²) in [6.07, 6.45) is -0.714. The van der Waals surface area contributed by atoms with E-state index in [9.17, 15) is 9.59 Å². The van der Waals surface area contributed by atoms with Crippen molar-refractivity contribution in [2.24, 2.45) is 0 Å². The molecule has 0 atom stereocenters. The summed E-state index contributed by atoms with van der Waals surface area (Å²) in [6.45, 7) is 2.87. The highest BCUT2D eigenvalue weighted by Gasteiger charge is 2.25. The molecule has 0 N–H and O–H groups in total. The summed E-state index contributed by atoms with van der Waals surface area (Å²) < 4.78 is 28.5. The van der Waals surface area contributed by atoms with Gasteiger partial charge >= 0.3 is 11.5 Å². The van der Waals surface area contributed by atoms with Crippen molar-refractivity contribution in [3.8, 4) is 17.2 Å². The second-order valence-corrected chi connectivity index (χ2v) is 7.38. The Labute approximate surface area is 190 Å². The number of ether oxygens (including phenoxy) is 5. The van der Waals surface area contributed by atoms with E-state index in [1.54, 1.807) is 38.3 Å². The fourth-order valence-electron chi connectivity index (χ4n) is 3.45. The molecule has 33 heavy (non-hydrogen) atoms. The topological polar surface area (TPSA) is 98.1 Å². The highest BCUT2D eigenvalue weighted by atomic mass is 16.7. The first kappa shape index (κ1) is 22.5. The van der Waals surface area contributed by atoms with Gasteiger partial charge in [0.2, 0.25) is 0 Å². The van der Waals surface area contributed by atoms with Crippen LogP contribution in [0.15, 0.2) is 53.3 Å². The molecule has 1 aliphatic rings. The van der Waals surface area contributed by atoms with Gasteiger partial charge in [-0.25, -0.2) is 9.48 Å². The molecule has 0 radical (unpaired) electrons. The van der Waals surface area contributed by atoms with Crippen molar-refractivity contribution in [3.63, 3.8) is 0 Å². The summed E-state index contributed by atoms with van der Waals surface area (Å²) in [5.74, 6) is 0.670. The van der Waals surface area contributed by atoms with E-state index in [2.05, 4.69) is 5.10 Å². The number of rotatable bonds is 7. The second-order valence-electron chi connectivity index (χ2n) is 7.38. The summed E-state index contributed by atoms with van der Waals surface area (Å²) in [5.41, 5.74) is 1.91. The Bertz CT molecular complexity index is 1200. The average molecular weight is 452 g/mol. The molecular weight excluding hydrogens is 428 g/mol. The maximum atomic E-state index is 13.1. The van der Waals surface area contributed by atoms with Crippen molar-refractivity contribution in [3.05, 3.63) is 81.3 Å². The SMILES string of the molecule is COC(=O)c1ccc(Oc2cc(C)nn(Cc3ccc(OC)cc3)c2=O)c(C2OCCO2)c1. The van der Waals surface area contributed by atoms with E-state index >= 15 is 0 Å². The number of benzene rings is 2. The molecule has 9 heteroatoms. The van der Waals surface area contributed by atoms with Gasteiger partial charge in [0.05, 0.1) is 50.8 Å². The molecule has 0 spiro atoms. The molecule has 1 saturated heterocycles. The first-order valence-corrected chi connectivity index (χ1v) is 10.3. The van der Waals surface area contributed by atoms with Gasteiger partial charge in [0, 0.05) is 6.07 Å². The van der Waals surface area contributed by atoms with Gasteiger partial charge in [0.1, 0.15) is 11.5 Å². The fraction of sp³-hybridized carbons (Fsp3) is 0.292. The second kappa shape index (κ2) is 9.85. The zero-order valence-electron chi connectivity index (χ0n) is 18.6. The minimum absolute atomic E-state index is 0.0982. The molecular formula is C24H24N2O7. The smallest absolute Gasteiger partial charge is 0.337 e. The maximum absolute atomic E-state index is 13.1. The molecule has 0 unspecified atom stereocenters. The molecule has 1 aliphatic heterocycles. The first-order valence-electron chi connectivity index (χ1n) is 10.3. The van der Waals surface area contributed by atoms with Crippen molar-refractivity contribution in [1.29, 1.82) is 0 Å². The summed E-state index contributed by atoms with van der Waals surface area (Å²) >= 11 is 0. The lowest BCUT2D eigenvalue weighted by Crippen LogP contribution is -2.25. The molecule has 9 nitrogen and oxygen atoms in total. The van der Waals surface area contributed by atoms with Gasteiger partial charge in [-0.3, -0.25) is 4.79 Å².